The molecule has 3 heteroatoms. The molecule has 0 aliphatic heterocycles. The molecule has 0 amide bonds. The van der Waals surface area contributed by atoms with Gasteiger partial charge in [0.1, 0.15) is 0 Å². The maximum atomic E-state index is 11.1. The summed E-state index contributed by atoms with van der Waals surface area (Å²) in [5.74, 6) is 1.19. The van der Waals surface area contributed by atoms with Gasteiger partial charge in [-0.2, -0.15) is 0 Å². The predicted molar refractivity (Wildman–Crippen MR) is 136 cm³/mol. The molecule has 2 fully saturated rings. The highest BCUT2D eigenvalue weighted by molar-refractivity contribution is 5.49. The molecular weight excluding hydrogens is 408 g/mol. The zero-order valence-corrected chi connectivity index (χ0v) is 22.5. The van der Waals surface area contributed by atoms with Crippen LogP contribution in [0, 0.1) is 39.4 Å². The van der Waals surface area contributed by atoms with Gasteiger partial charge in [-0.15, -0.1) is 0 Å². The first-order valence-corrected chi connectivity index (χ1v) is 13.6. The summed E-state index contributed by atoms with van der Waals surface area (Å²) in [7, 11) is 0. The van der Waals surface area contributed by atoms with E-state index in [9.17, 15) is 15.3 Å². The van der Waals surface area contributed by atoms with Crippen molar-refractivity contribution in [2.24, 2.45) is 39.4 Å². The molecule has 0 heterocycles. The molecule has 0 aromatic rings. The van der Waals surface area contributed by atoms with E-state index in [1.807, 2.05) is 13.8 Å². The maximum Gasteiger partial charge on any atom is 0.0594 e. The van der Waals surface area contributed by atoms with Crippen LogP contribution in [0.5, 0.6) is 0 Å². The van der Waals surface area contributed by atoms with Gasteiger partial charge in [-0.1, -0.05) is 53.7 Å². The Balaban J connectivity index is 1.64. The second-order valence-electron chi connectivity index (χ2n) is 14.2. The lowest BCUT2D eigenvalue weighted by molar-refractivity contribution is -0.0855. The quantitative estimate of drug-likeness (QED) is 0.445. The molecule has 4 aliphatic carbocycles. The van der Waals surface area contributed by atoms with E-state index in [-0.39, 0.29) is 39.8 Å². The molecule has 0 bridgehead atoms. The normalized spacial score (nSPS) is 44.2. The molecule has 3 nitrogen and oxygen atoms in total. The van der Waals surface area contributed by atoms with Gasteiger partial charge in [0.05, 0.1) is 17.8 Å². The van der Waals surface area contributed by atoms with Crippen LogP contribution in [0.4, 0.5) is 0 Å². The van der Waals surface area contributed by atoms with E-state index < -0.39 is 5.60 Å². The van der Waals surface area contributed by atoms with Gasteiger partial charge >= 0.3 is 0 Å². The fraction of sp³-hybridized carbons (Fsp3) is 0.867. The molecule has 3 N–H and O–H groups in total. The topological polar surface area (TPSA) is 60.7 Å². The van der Waals surface area contributed by atoms with E-state index in [4.69, 9.17) is 0 Å². The van der Waals surface area contributed by atoms with Crippen LogP contribution in [-0.4, -0.2) is 33.1 Å². The lowest BCUT2D eigenvalue weighted by Gasteiger charge is -2.61. The Bertz CT molecular complexity index is 832. The van der Waals surface area contributed by atoms with Crippen molar-refractivity contribution >= 4 is 0 Å². The highest BCUT2D eigenvalue weighted by atomic mass is 16.3. The van der Waals surface area contributed by atoms with Crippen LogP contribution in [0.25, 0.3) is 0 Å². The summed E-state index contributed by atoms with van der Waals surface area (Å²) in [6.45, 7) is 17.9. The Labute approximate surface area is 202 Å². The van der Waals surface area contributed by atoms with E-state index >= 15 is 0 Å². The van der Waals surface area contributed by atoms with Gasteiger partial charge in [-0.25, -0.2) is 0 Å². The van der Waals surface area contributed by atoms with Gasteiger partial charge in [0.15, 0.2) is 0 Å². The number of hydrogen-bond acceptors (Lipinski definition) is 3. The van der Waals surface area contributed by atoms with Crippen molar-refractivity contribution in [3.05, 3.63) is 23.3 Å². The van der Waals surface area contributed by atoms with Crippen LogP contribution in [-0.2, 0) is 0 Å². The van der Waals surface area contributed by atoms with E-state index in [0.29, 0.717) is 24.7 Å². The summed E-state index contributed by atoms with van der Waals surface area (Å²) in [5, 5.41) is 32.0. The van der Waals surface area contributed by atoms with Crippen LogP contribution in [0.2, 0.25) is 0 Å². The number of hydrogen-bond donors (Lipinski definition) is 3. The minimum absolute atomic E-state index is 0.0607. The molecule has 3 unspecified atom stereocenters. The highest BCUT2D eigenvalue weighted by Gasteiger charge is 2.63. The van der Waals surface area contributed by atoms with Gasteiger partial charge in [0.25, 0.3) is 0 Å². The molecule has 0 radical (unpaired) electrons. The minimum atomic E-state index is -0.725. The largest absolute Gasteiger partial charge is 0.393 e. The average molecular weight is 459 g/mol. The summed E-state index contributed by atoms with van der Waals surface area (Å²) >= 11 is 0. The van der Waals surface area contributed by atoms with E-state index in [1.165, 1.54) is 6.42 Å². The number of allylic oxidation sites excluding steroid dienone is 4. The fourth-order valence-corrected chi connectivity index (χ4v) is 8.91. The first-order chi connectivity index (χ1) is 15.1. The average Bonchev–Trinajstić information content (AvgIpc) is 3.00. The standard InChI is InChI=1S/C30H50O3/c1-19(23(31)13-15-26(2,3)33)20-11-17-30(8)22-9-10-24-27(4,5)25(32)14-16-28(24,6)21(22)12-18-29(20,30)7/h9,12,19-20,23-25,31-33H,10-11,13-18H2,1-8H3/t19-,20?,23?,24?,25-,28+,29+,30-/m0/s1. The Morgan fingerprint density at radius 1 is 1.03 bits per heavy atom. The van der Waals surface area contributed by atoms with Crippen molar-refractivity contribution in [2.75, 3.05) is 0 Å². The summed E-state index contributed by atoms with van der Waals surface area (Å²) in [5.41, 5.74) is 2.81. The first-order valence-electron chi connectivity index (χ1n) is 13.6. The van der Waals surface area contributed by atoms with E-state index in [0.717, 1.165) is 32.1 Å². The van der Waals surface area contributed by atoms with Crippen molar-refractivity contribution in [1.29, 1.82) is 0 Å². The van der Waals surface area contributed by atoms with Crippen molar-refractivity contribution < 1.29 is 15.3 Å². The van der Waals surface area contributed by atoms with Crippen LogP contribution in [0.3, 0.4) is 0 Å². The molecule has 4 rings (SSSR count). The third kappa shape index (κ3) is 3.71. The smallest absolute Gasteiger partial charge is 0.0594 e. The second kappa shape index (κ2) is 7.93. The molecule has 0 aromatic carbocycles. The Kier molecular flexibility index (Phi) is 6.12. The zero-order valence-electron chi connectivity index (χ0n) is 22.5. The SMILES string of the molecule is C[C@H](C(O)CCC(C)(C)O)C1CC[C@@]2(C)C3=CCC4C(C)(C)[C@@H](O)CC[C@]4(C)C3=CC[C@]12C. The van der Waals surface area contributed by atoms with Gasteiger partial charge in [0.2, 0.25) is 0 Å². The number of fused-ring (bicyclic) bond motifs is 5. The number of rotatable bonds is 5. The molecule has 0 spiro atoms. The van der Waals surface area contributed by atoms with Gasteiger partial charge < -0.3 is 15.3 Å². The zero-order chi connectivity index (χ0) is 24.6. The predicted octanol–water partition coefficient (Wildman–Crippen LogP) is 6.42. The highest BCUT2D eigenvalue weighted by Crippen LogP contribution is 2.71. The van der Waals surface area contributed by atoms with Gasteiger partial charge in [-0.3, -0.25) is 0 Å². The van der Waals surface area contributed by atoms with Gasteiger partial charge in [0, 0.05) is 0 Å². The van der Waals surface area contributed by atoms with Crippen molar-refractivity contribution in [2.45, 2.75) is 125 Å². The van der Waals surface area contributed by atoms with E-state index in [2.05, 4.69) is 53.7 Å². The summed E-state index contributed by atoms with van der Waals surface area (Å²) in [6.07, 6.45) is 12.3. The molecule has 33 heavy (non-hydrogen) atoms. The van der Waals surface area contributed by atoms with Crippen LogP contribution in [0.15, 0.2) is 23.3 Å². The lowest BCUT2D eigenvalue weighted by atomic mass is 9.44. The maximum absolute atomic E-state index is 11.1. The molecule has 188 valence electrons. The van der Waals surface area contributed by atoms with Crippen LogP contribution >= 0.6 is 0 Å². The summed E-state index contributed by atoms with van der Waals surface area (Å²) < 4.78 is 0. The monoisotopic (exact) mass is 458 g/mol. The van der Waals surface area contributed by atoms with Crippen molar-refractivity contribution in [3.63, 3.8) is 0 Å². The third-order valence-corrected chi connectivity index (χ3v) is 11.6. The molecule has 0 aromatic heterocycles. The Morgan fingerprint density at radius 2 is 1.70 bits per heavy atom. The third-order valence-electron chi connectivity index (χ3n) is 11.6. The number of aliphatic hydroxyl groups is 3. The van der Waals surface area contributed by atoms with Crippen molar-refractivity contribution in [3.8, 4) is 0 Å². The molecule has 0 saturated heterocycles. The van der Waals surface area contributed by atoms with Gasteiger partial charge in [-0.05, 0) is 116 Å². The lowest BCUT2D eigenvalue weighted by Crippen LogP contribution is -2.54. The molecule has 8 atom stereocenters. The molecule has 2 saturated carbocycles. The van der Waals surface area contributed by atoms with Crippen LogP contribution < -0.4 is 0 Å². The summed E-state index contributed by atoms with van der Waals surface area (Å²) in [6, 6.07) is 0. The molecular formula is C30H50O3. The summed E-state index contributed by atoms with van der Waals surface area (Å²) in [4.78, 5) is 0. The second-order valence-corrected chi connectivity index (χ2v) is 14.2. The van der Waals surface area contributed by atoms with Crippen LogP contribution in [0.1, 0.15) is 107 Å². The fourth-order valence-electron chi connectivity index (χ4n) is 8.91. The van der Waals surface area contributed by atoms with Crippen molar-refractivity contribution in [1.82, 2.24) is 0 Å². The number of aliphatic hydroxyl groups excluding tert-OH is 2. The molecule has 4 aliphatic rings. The Morgan fingerprint density at radius 3 is 2.33 bits per heavy atom. The van der Waals surface area contributed by atoms with E-state index in [1.54, 1.807) is 11.1 Å². The minimum Gasteiger partial charge on any atom is -0.393 e. The Hall–Kier alpha value is -0.640. The first kappa shape index (κ1) is 25.5.